The van der Waals surface area contributed by atoms with Crippen molar-refractivity contribution in [3.8, 4) is 0 Å². The third kappa shape index (κ3) is 4.29. The number of carbonyl (C=O) groups is 2. The smallest absolute Gasteiger partial charge is 0.221 e. The normalized spacial score (nSPS) is 11.9. The standard InChI is InChI=1S/C22H21ClN2O2/c1-13-12-20(14(2)16-6-10-19(11-7-16)24-15(3)26)25-21(13)22(27)17-4-8-18(23)9-5-17/h4-12,14,25H,1-3H3,(H,24,26). The summed E-state index contributed by atoms with van der Waals surface area (Å²) in [6.07, 6.45) is 0. The van der Waals surface area contributed by atoms with Crippen LogP contribution < -0.4 is 5.32 Å². The van der Waals surface area contributed by atoms with Crippen LogP contribution in [0.1, 0.15) is 52.6 Å². The first-order valence-corrected chi connectivity index (χ1v) is 9.10. The lowest BCUT2D eigenvalue weighted by molar-refractivity contribution is -0.114. The van der Waals surface area contributed by atoms with Crippen LogP contribution in [0.15, 0.2) is 54.6 Å². The molecule has 4 nitrogen and oxygen atoms in total. The summed E-state index contributed by atoms with van der Waals surface area (Å²) in [5.74, 6) is -0.0633. The van der Waals surface area contributed by atoms with Gasteiger partial charge in [-0.25, -0.2) is 0 Å². The Morgan fingerprint density at radius 3 is 2.26 bits per heavy atom. The maximum atomic E-state index is 12.8. The van der Waals surface area contributed by atoms with Gasteiger partial charge in [0.05, 0.1) is 5.69 Å². The van der Waals surface area contributed by atoms with Crippen LogP contribution >= 0.6 is 11.6 Å². The molecule has 2 aromatic carbocycles. The lowest BCUT2D eigenvalue weighted by Crippen LogP contribution is -2.06. The first-order valence-electron chi connectivity index (χ1n) is 8.72. The number of aryl methyl sites for hydroxylation is 1. The highest BCUT2D eigenvalue weighted by Gasteiger charge is 2.18. The summed E-state index contributed by atoms with van der Waals surface area (Å²) in [7, 11) is 0. The molecule has 0 fully saturated rings. The minimum Gasteiger partial charge on any atom is -0.355 e. The number of ketones is 1. The second kappa shape index (κ2) is 7.80. The van der Waals surface area contributed by atoms with E-state index in [1.54, 1.807) is 24.3 Å². The molecule has 138 valence electrons. The molecule has 0 bridgehead atoms. The van der Waals surface area contributed by atoms with Gasteiger partial charge in [-0.15, -0.1) is 0 Å². The molecule has 1 aromatic heterocycles. The van der Waals surface area contributed by atoms with E-state index in [9.17, 15) is 9.59 Å². The number of rotatable bonds is 5. The molecule has 0 aliphatic carbocycles. The molecule has 27 heavy (non-hydrogen) atoms. The van der Waals surface area contributed by atoms with Gasteiger partial charge < -0.3 is 10.3 Å². The SMILES string of the molecule is CC(=O)Nc1ccc(C(C)c2cc(C)c(C(=O)c3ccc(Cl)cc3)[nH]2)cc1. The van der Waals surface area contributed by atoms with Gasteiger partial charge in [-0.1, -0.05) is 30.7 Å². The van der Waals surface area contributed by atoms with Crippen LogP contribution in [-0.2, 0) is 4.79 Å². The number of halogens is 1. The highest BCUT2D eigenvalue weighted by Crippen LogP contribution is 2.27. The number of benzene rings is 2. The van der Waals surface area contributed by atoms with Crippen molar-refractivity contribution in [3.05, 3.63) is 87.7 Å². The third-order valence-electron chi connectivity index (χ3n) is 4.57. The van der Waals surface area contributed by atoms with Gasteiger partial charge in [-0.05, 0) is 60.5 Å². The summed E-state index contributed by atoms with van der Waals surface area (Å²) in [5, 5.41) is 3.36. The fourth-order valence-electron chi connectivity index (χ4n) is 3.04. The van der Waals surface area contributed by atoms with E-state index in [1.807, 2.05) is 37.3 Å². The number of carbonyl (C=O) groups excluding carboxylic acids is 2. The van der Waals surface area contributed by atoms with Crippen LogP contribution in [0.25, 0.3) is 0 Å². The number of nitrogens with one attached hydrogen (secondary N) is 2. The molecule has 3 rings (SSSR count). The fraction of sp³-hybridized carbons (Fsp3) is 0.182. The van der Waals surface area contributed by atoms with Gasteiger partial charge in [-0.3, -0.25) is 9.59 Å². The summed E-state index contributed by atoms with van der Waals surface area (Å²) in [6, 6.07) is 16.6. The quantitative estimate of drug-likeness (QED) is 0.588. The lowest BCUT2D eigenvalue weighted by Gasteiger charge is -2.11. The van der Waals surface area contributed by atoms with Crippen molar-refractivity contribution in [3.63, 3.8) is 0 Å². The number of hydrogen-bond donors (Lipinski definition) is 2. The van der Waals surface area contributed by atoms with Gasteiger partial charge in [0.1, 0.15) is 0 Å². The largest absolute Gasteiger partial charge is 0.355 e. The van der Waals surface area contributed by atoms with Crippen molar-refractivity contribution < 1.29 is 9.59 Å². The summed E-state index contributed by atoms with van der Waals surface area (Å²) in [6.45, 7) is 5.49. The molecule has 1 heterocycles. The van der Waals surface area contributed by atoms with Crippen LogP contribution in [0.2, 0.25) is 5.02 Å². The Morgan fingerprint density at radius 2 is 1.67 bits per heavy atom. The zero-order valence-corrected chi connectivity index (χ0v) is 16.2. The minimum atomic E-state index is -0.0962. The van der Waals surface area contributed by atoms with Crippen molar-refractivity contribution >= 4 is 29.0 Å². The number of hydrogen-bond acceptors (Lipinski definition) is 2. The first kappa shape index (κ1) is 18.9. The van der Waals surface area contributed by atoms with Crippen LogP contribution in [0, 0.1) is 6.92 Å². The van der Waals surface area contributed by atoms with Gasteiger partial charge in [0.25, 0.3) is 0 Å². The first-order chi connectivity index (χ1) is 12.8. The zero-order valence-electron chi connectivity index (χ0n) is 15.5. The summed E-state index contributed by atoms with van der Waals surface area (Å²) < 4.78 is 0. The molecular weight excluding hydrogens is 360 g/mol. The van der Waals surface area contributed by atoms with Crippen molar-refractivity contribution in [1.29, 1.82) is 0 Å². The van der Waals surface area contributed by atoms with E-state index in [0.717, 1.165) is 22.5 Å². The molecule has 2 N–H and O–H groups in total. The zero-order chi connectivity index (χ0) is 19.6. The highest BCUT2D eigenvalue weighted by molar-refractivity contribution is 6.30. The van der Waals surface area contributed by atoms with E-state index in [1.165, 1.54) is 6.92 Å². The molecule has 0 aliphatic rings. The predicted molar refractivity (Wildman–Crippen MR) is 109 cm³/mol. The summed E-state index contributed by atoms with van der Waals surface area (Å²) in [4.78, 5) is 27.2. The molecule has 1 amide bonds. The van der Waals surface area contributed by atoms with E-state index >= 15 is 0 Å². The molecule has 0 aliphatic heterocycles. The van der Waals surface area contributed by atoms with Crippen LogP contribution in [0.5, 0.6) is 0 Å². The molecule has 1 atom stereocenters. The lowest BCUT2D eigenvalue weighted by atomic mass is 9.97. The Labute approximate surface area is 163 Å². The van der Waals surface area contributed by atoms with E-state index in [4.69, 9.17) is 11.6 Å². The Morgan fingerprint density at radius 1 is 1.04 bits per heavy atom. The number of anilines is 1. The monoisotopic (exact) mass is 380 g/mol. The van der Waals surface area contributed by atoms with Gasteiger partial charge in [0.15, 0.2) is 0 Å². The molecule has 0 radical (unpaired) electrons. The number of aromatic amines is 1. The molecule has 0 saturated carbocycles. The van der Waals surface area contributed by atoms with Gasteiger partial charge in [0, 0.05) is 34.8 Å². The maximum Gasteiger partial charge on any atom is 0.221 e. The molecule has 1 unspecified atom stereocenters. The molecule has 3 aromatic rings. The van der Waals surface area contributed by atoms with E-state index < -0.39 is 0 Å². The number of H-pyrrole nitrogens is 1. The maximum absolute atomic E-state index is 12.8. The van der Waals surface area contributed by atoms with Crippen molar-refractivity contribution in [2.75, 3.05) is 5.32 Å². The Bertz CT molecular complexity index is 973. The Kier molecular flexibility index (Phi) is 5.47. The van der Waals surface area contributed by atoms with Gasteiger partial charge in [0.2, 0.25) is 11.7 Å². The average Bonchev–Trinajstić information content (AvgIpc) is 3.03. The number of aromatic nitrogens is 1. The molecular formula is C22H21ClN2O2. The number of amides is 1. The highest BCUT2D eigenvalue weighted by atomic mass is 35.5. The molecule has 0 saturated heterocycles. The topological polar surface area (TPSA) is 62.0 Å². The molecule has 0 spiro atoms. The minimum absolute atomic E-state index is 0.0522. The average molecular weight is 381 g/mol. The fourth-order valence-corrected chi connectivity index (χ4v) is 3.16. The second-order valence-electron chi connectivity index (χ2n) is 6.64. The van der Waals surface area contributed by atoms with Crippen LogP contribution in [-0.4, -0.2) is 16.7 Å². The van der Waals surface area contributed by atoms with E-state index in [2.05, 4.69) is 17.2 Å². The summed E-state index contributed by atoms with van der Waals surface area (Å²) >= 11 is 5.90. The van der Waals surface area contributed by atoms with Crippen LogP contribution in [0.3, 0.4) is 0 Å². The summed E-state index contributed by atoms with van der Waals surface area (Å²) in [5.41, 5.74) is 4.93. The van der Waals surface area contributed by atoms with Crippen molar-refractivity contribution in [2.45, 2.75) is 26.7 Å². The third-order valence-corrected chi connectivity index (χ3v) is 4.82. The van der Waals surface area contributed by atoms with Crippen molar-refractivity contribution in [2.24, 2.45) is 0 Å². The van der Waals surface area contributed by atoms with Gasteiger partial charge in [-0.2, -0.15) is 0 Å². The Hall–Kier alpha value is -2.85. The van der Waals surface area contributed by atoms with Crippen molar-refractivity contribution in [1.82, 2.24) is 4.98 Å². The van der Waals surface area contributed by atoms with E-state index in [-0.39, 0.29) is 17.6 Å². The predicted octanol–water partition coefficient (Wildman–Crippen LogP) is 5.32. The second-order valence-corrected chi connectivity index (χ2v) is 7.08. The Balaban J connectivity index is 1.83. The van der Waals surface area contributed by atoms with E-state index in [0.29, 0.717) is 16.3 Å². The van der Waals surface area contributed by atoms with Crippen LogP contribution in [0.4, 0.5) is 5.69 Å². The van der Waals surface area contributed by atoms with Gasteiger partial charge >= 0.3 is 0 Å². The molecule has 5 heteroatoms.